The van der Waals surface area contributed by atoms with Crippen LogP contribution in [0.15, 0.2) is 12.4 Å². The van der Waals surface area contributed by atoms with Gasteiger partial charge in [-0.1, -0.05) is 15.9 Å². The first-order valence-corrected chi connectivity index (χ1v) is 5.54. The number of hydrogen-bond donors (Lipinski definition) is 0. The first kappa shape index (κ1) is 9.71. The smallest absolute Gasteiger partial charge is 0.240 e. The van der Waals surface area contributed by atoms with Crippen LogP contribution < -0.4 is 4.90 Å². The third-order valence-electron chi connectivity index (χ3n) is 2.38. The zero-order chi connectivity index (χ0) is 10.1. The van der Waals surface area contributed by atoms with E-state index in [4.69, 9.17) is 0 Å². The zero-order valence-corrected chi connectivity index (χ0v) is 9.57. The van der Waals surface area contributed by atoms with E-state index in [9.17, 15) is 4.79 Å². The summed E-state index contributed by atoms with van der Waals surface area (Å²) in [5, 5.41) is 4.06. The van der Waals surface area contributed by atoms with Crippen molar-refractivity contribution in [3.63, 3.8) is 0 Å². The molecule has 0 unspecified atom stereocenters. The van der Waals surface area contributed by atoms with E-state index in [2.05, 4.69) is 21.0 Å². The van der Waals surface area contributed by atoms with E-state index >= 15 is 0 Å². The molecule has 0 bridgehead atoms. The molecule has 1 fully saturated rings. The number of halogens is 1. The monoisotopic (exact) mass is 257 g/mol. The van der Waals surface area contributed by atoms with E-state index in [1.807, 2.05) is 13.2 Å². The lowest BCUT2D eigenvalue weighted by molar-refractivity contribution is -0.118. The van der Waals surface area contributed by atoms with E-state index in [0.29, 0.717) is 0 Å². The van der Waals surface area contributed by atoms with Crippen LogP contribution in [0.3, 0.4) is 0 Å². The van der Waals surface area contributed by atoms with Gasteiger partial charge in [0.05, 0.1) is 16.7 Å². The van der Waals surface area contributed by atoms with E-state index in [1.165, 1.54) is 0 Å². The number of amides is 1. The van der Waals surface area contributed by atoms with Gasteiger partial charge >= 0.3 is 0 Å². The number of anilines is 1. The Kier molecular flexibility index (Phi) is 2.58. The number of rotatable bonds is 1. The average molecular weight is 258 g/mol. The molecule has 14 heavy (non-hydrogen) atoms. The van der Waals surface area contributed by atoms with Crippen molar-refractivity contribution in [1.29, 1.82) is 0 Å². The van der Waals surface area contributed by atoms with Gasteiger partial charge in [0.25, 0.3) is 0 Å². The predicted octanol–water partition coefficient (Wildman–Crippen LogP) is 1.31. The molecular weight excluding hydrogens is 246 g/mol. The average Bonchev–Trinajstić information content (AvgIpc) is 2.57. The van der Waals surface area contributed by atoms with Crippen LogP contribution in [0.4, 0.5) is 5.69 Å². The second-order valence-electron chi connectivity index (χ2n) is 3.47. The number of piperidine rings is 1. The lowest BCUT2D eigenvalue weighted by Crippen LogP contribution is -2.41. The Morgan fingerprint density at radius 3 is 3.07 bits per heavy atom. The minimum Gasteiger partial charge on any atom is -0.309 e. The third kappa shape index (κ3) is 1.68. The van der Waals surface area contributed by atoms with Gasteiger partial charge in [-0.3, -0.25) is 9.48 Å². The molecule has 0 aliphatic carbocycles. The number of alkyl halides is 1. The summed E-state index contributed by atoms with van der Waals surface area (Å²) in [6, 6.07) is 0. The molecule has 0 radical (unpaired) electrons. The molecule has 5 heteroatoms. The zero-order valence-electron chi connectivity index (χ0n) is 7.98. The Labute approximate surface area is 91.0 Å². The normalized spacial score (nSPS) is 22.9. The lowest BCUT2D eigenvalue weighted by atomic mass is 10.1. The van der Waals surface area contributed by atoms with Gasteiger partial charge in [-0.2, -0.15) is 5.10 Å². The van der Waals surface area contributed by atoms with Gasteiger partial charge in [-0.25, -0.2) is 0 Å². The molecule has 1 atom stereocenters. The van der Waals surface area contributed by atoms with Crippen molar-refractivity contribution in [3.05, 3.63) is 12.4 Å². The predicted molar refractivity (Wildman–Crippen MR) is 57.5 cm³/mol. The number of hydrogen-bond acceptors (Lipinski definition) is 2. The van der Waals surface area contributed by atoms with Crippen molar-refractivity contribution in [2.75, 3.05) is 11.4 Å². The molecule has 1 aromatic heterocycles. The molecule has 0 aromatic carbocycles. The van der Waals surface area contributed by atoms with Crippen molar-refractivity contribution in [2.45, 2.75) is 17.7 Å². The van der Waals surface area contributed by atoms with Gasteiger partial charge in [-0.05, 0) is 12.8 Å². The minimum absolute atomic E-state index is 0.0311. The molecule has 1 aromatic rings. The topological polar surface area (TPSA) is 38.1 Å². The number of nitrogens with zero attached hydrogens (tertiary/aromatic N) is 3. The van der Waals surface area contributed by atoms with E-state index in [-0.39, 0.29) is 10.7 Å². The highest BCUT2D eigenvalue weighted by molar-refractivity contribution is 9.10. The maximum Gasteiger partial charge on any atom is 0.240 e. The van der Waals surface area contributed by atoms with Crippen LogP contribution in [0.2, 0.25) is 0 Å². The summed E-state index contributed by atoms with van der Waals surface area (Å²) in [6.45, 7) is 0.798. The largest absolute Gasteiger partial charge is 0.309 e. The summed E-state index contributed by atoms with van der Waals surface area (Å²) < 4.78 is 1.71. The summed E-state index contributed by atoms with van der Waals surface area (Å²) in [5.74, 6) is 0.143. The summed E-state index contributed by atoms with van der Waals surface area (Å²) in [7, 11) is 1.85. The van der Waals surface area contributed by atoms with E-state index < -0.39 is 0 Å². The number of carbonyl (C=O) groups excluding carboxylic acids is 1. The maximum atomic E-state index is 11.8. The highest BCUT2D eigenvalue weighted by Gasteiger charge is 2.27. The van der Waals surface area contributed by atoms with Crippen LogP contribution in [-0.4, -0.2) is 27.1 Å². The standard InChI is InChI=1S/C9H12BrN3O/c1-12-6-7(5-11-12)13-4-2-3-8(10)9(13)14/h5-6,8H,2-4H2,1H3/t8-/m1/s1. The first-order valence-electron chi connectivity index (χ1n) is 4.62. The van der Waals surface area contributed by atoms with Gasteiger partial charge in [0, 0.05) is 19.8 Å². The molecule has 0 N–H and O–H groups in total. The highest BCUT2D eigenvalue weighted by Crippen LogP contribution is 2.23. The number of aryl methyl sites for hydroxylation is 1. The summed E-state index contributed by atoms with van der Waals surface area (Å²) >= 11 is 3.38. The number of carbonyl (C=O) groups is 1. The second kappa shape index (κ2) is 3.73. The summed E-state index contributed by atoms with van der Waals surface area (Å²) in [4.78, 5) is 13.5. The van der Waals surface area contributed by atoms with Gasteiger partial charge in [0.15, 0.2) is 0 Å². The van der Waals surface area contributed by atoms with Gasteiger partial charge < -0.3 is 4.90 Å². The molecule has 2 rings (SSSR count). The highest BCUT2D eigenvalue weighted by atomic mass is 79.9. The van der Waals surface area contributed by atoms with Crippen molar-refractivity contribution in [2.24, 2.45) is 7.05 Å². The Bertz CT molecular complexity index is 350. The molecule has 4 nitrogen and oxygen atoms in total. The van der Waals surface area contributed by atoms with Gasteiger partial charge in [-0.15, -0.1) is 0 Å². The Balaban J connectivity index is 2.21. The Morgan fingerprint density at radius 2 is 2.43 bits per heavy atom. The SMILES string of the molecule is Cn1cc(N2CCC[C@@H](Br)C2=O)cn1. The first-order chi connectivity index (χ1) is 6.68. The molecular formula is C9H12BrN3O. The van der Waals surface area contributed by atoms with Crippen molar-refractivity contribution < 1.29 is 4.79 Å². The molecule has 0 spiro atoms. The summed E-state index contributed by atoms with van der Waals surface area (Å²) in [6.07, 6.45) is 5.55. The maximum absolute atomic E-state index is 11.8. The molecule has 76 valence electrons. The van der Waals surface area contributed by atoms with E-state index in [1.54, 1.807) is 15.8 Å². The van der Waals surface area contributed by atoms with E-state index in [0.717, 1.165) is 25.1 Å². The van der Waals surface area contributed by atoms with Crippen molar-refractivity contribution in [1.82, 2.24) is 9.78 Å². The Hall–Kier alpha value is -0.840. The number of aromatic nitrogens is 2. The van der Waals surface area contributed by atoms with Crippen molar-refractivity contribution >= 4 is 27.5 Å². The summed E-state index contributed by atoms with van der Waals surface area (Å²) in [5.41, 5.74) is 0.890. The van der Waals surface area contributed by atoms with Crippen LogP contribution in [-0.2, 0) is 11.8 Å². The van der Waals surface area contributed by atoms with Crippen LogP contribution >= 0.6 is 15.9 Å². The van der Waals surface area contributed by atoms with Crippen LogP contribution in [0, 0.1) is 0 Å². The van der Waals surface area contributed by atoms with Gasteiger partial charge in [0.1, 0.15) is 0 Å². The fourth-order valence-electron chi connectivity index (χ4n) is 1.64. The fraction of sp³-hybridized carbons (Fsp3) is 0.556. The van der Waals surface area contributed by atoms with Crippen LogP contribution in [0.1, 0.15) is 12.8 Å². The van der Waals surface area contributed by atoms with Crippen LogP contribution in [0.25, 0.3) is 0 Å². The third-order valence-corrected chi connectivity index (χ3v) is 3.23. The minimum atomic E-state index is -0.0311. The lowest BCUT2D eigenvalue weighted by Gasteiger charge is -2.28. The fourth-order valence-corrected chi connectivity index (χ4v) is 2.21. The Morgan fingerprint density at radius 1 is 1.64 bits per heavy atom. The van der Waals surface area contributed by atoms with Crippen molar-refractivity contribution in [3.8, 4) is 0 Å². The second-order valence-corrected chi connectivity index (χ2v) is 4.58. The van der Waals surface area contributed by atoms with Gasteiger partial charge in [0.2, 0.25) is 5.91 Å². The molecule has 1 aliphatic heterocycles. The quantitative estimate of drug-likeness (QED) is 0.712. The van der Waals surface area contributed by atoms with Crippen LogP contribution in [0.5, 0.6) is 0 Å². The molecule has 1 amide bonds. The molecule has 2 heterocycles. The molecule has 0 saturated carbocycles. The molecule has 1 aliphatic rings. The molecule has 1 saturated heterocycles.